The van der Waals surface area contributed by atoms with Crippen molar-refractivity contribution in [2.24, 2.45) is 0 Å². The van der Waals surface area contributed by atoms with Gasteiger partial charge in [0.25, 0.3) is 0 Å². The fourth-order valence-electron chi connectivity index (χ4n) is 0.766. The zero-order chi connectivity index (χ0) is 15.2. The normalized spacial score (nSPS) is 15.4. The molecule has 0 aromatic rings. The molecule has 0 aliphatic carbocycles. The molecule has 0 radical (unpaired) electrons. The van der Waals surface area contributed by atoms with Crippen molar-refractivity contribution in [2.75, 3.05) is 13.2 Å². The molecular formula is C6H20AlO10P3. The van der Waals surface area contributed by atoms with E-state index >= 15 is 0 Å². The van der Waals surface area contributed by atoms with Crippen molar-refractivity contribution in [3.63, 3.8) is 0 Å². The molecule has 14 heteroatoms. The van der Waals surface area contributed by atoms with E-state index in [4.69, 9.17) is 14.7 Å². The first-order valence-corrected chi connectivity index (χ1v) is 9.72. The average molecular weight is 372 g/mol. The van der Waals surface area contributed by atoms with Gasteiger partial charge in [-0.1, -0.05) is 13.8 Å². The molecule has 0 bridgehead atoms. The monoisotopic (exact) mass is 372 g/mol. The molecule has 0 aliphatic heterocycles. The average Bonchev–Trinajstić information content (AvgIpc) is 2.19. The lowest BCUT2D eigenvalue weighted by molar-refractivity contribution is 0.137. The Hall–Kier alpha value is 0.942. The number of phosphoric ester groups is 1. The molecule has 0 saturated carbocycles. The summed E-state index contributed by atoms with van der Waals surface area (Å²) >= 11 is 0. The second-order valence-electron chi connectivity index (χ2n) is 3.24. The molecule has 0 fully saturated rings. The van der Waals surface area contributed by atoms with Crippen LogP contribution in [-0.2, 0) is 31.4 Å². The van der Waals surface area contributed by atoms with E-state index in [1.807, 2.05) is 0 Å². The summed E-state index contributed by atoms with van der Waals surface area (Å²) < 4.78 is 50.6. The van der Waals surface area contributed by atoms with Crippen molar-refractivity contribution in [2.45, 2.75) is 26.7 Å². The molecule has 0 amide bonds. The van der Waals surface area contributed by atoms with Crippen molar-refractivity contribution >= 4 is 40.8 Å². The van der Waals surface area contributed by atoms with E-state index in [-0.39, 0.29) is 30.6 Å². The van der Waals surface area contributed by atoms with Gasteiger partial charge in [-0.15, -0.1) is 0 Å². The maximum absolute atomic E-state index is 11.9. The molecule has 0 aromatic carbocycles. The molecular weight excluding hydrogens is 352 g/mol. The first-order chi connectivity index (χ1) is 8.54. The molecule has 1 unspecified atom stereocenters. The lowest BCUT2D eigenvalue weighted by atomic mass is 10.5. The minimum atomic E-state index is -5.30. The van der Waals surface area contributed by atoms with Crippen LogP contribution in [0.15, 0.2) is 0 Å². The first kappa shape index (κ1) is 23.2. The van der Waals surface area contributed by atoms with E-state index in [0.717, 1.165) is 0 Å². The third kappa shape index (κ3) is 11.6. The summed E-state index contributed by atoms with van der Waals surface area (Å²) in [6.45, 7) is 3.15. The van der Waals surface area contributed by atoms with Gasteiger partial charge in [-0.3, -0.25) is 9.05 Å². The minimum absolute atomic E-state index is 0. The van der Waals surface area contributed by atoms with Crippen molar-refractivity contribution < 1.29 is 46.0 Å². The van der Waals surface area contributed by atoms with Crippen LogP contribution in [-0.4, -0.2) is 45.3 Å². The summed E-state index contributed by atoms with van der Waals surface area (Å²) in [7, 11) is -15.0. The summed E-state index contributed by atoms with van der Waals surface area (Å²) in [5.41, 5.74) is 0. The van der Waals surface area contributed by atoms with Crippen LogP contribution in [0.2, 0.25) is 0 Å². The third-order valence-corrected chi connectivity index (χ3v) is 5.62. The SMILES string of the molecule is CCCOP(=O)(OCCC)OP(=O)(O)OP(=O)(O)O.[AlH3]. The van der Waals surface area contributed by atoms with Gasteiger partial charge >= 0.3 is 23.5 Å². The van der Waals surface area contributed by atoms with Gasteiger partial charge in [-0.05, 0) is 12.8 Å². The molecule has 0 rings (SSSR count). The zero-order valence-electron chi connectivity index (χ0n) is 10.4. The first-order valence-electron chi connectivity index (χ1n) is 5.23. The Labute approximate surface area is 127 Å². The van der Waals surface area contributed by atoms with E-state index in [2.05, 4.69) is 17.7 Å². The Morgan fingerprint density at radius 2 is 1.25 bits per heavy atom. The van der Waals surface area contributed by atoms with Crippen LogP contribution in [0.1, 0.15) is 26.7 Å². The van der Waals surface area contributed by atoms with Crippen molar-refractivity contribution in [3.05, 3.63) is 0 Å². The summed E-state index contributed by atoms with van der Waals surface area (Å²) in [5, 5.41) is 0. The molecule has 0 aliphatic rings. The molecule has 20 heavy (non-hydrogen) atoms. The largest absolute Gasteiger partial charge is 0.490 e. The molecule has 0 heterocycles. The molecule has 0 saturated heterocycles. The van der Waals surface area contributed by atoms with Crippen molar-refractivity contribution in [1.29, 1.82) is 0 Å². The van der Waals surface area contributed by atoms with E-state index in [9.17, 15) is 13.7 Å². The Kier molecular flexibility index (Phi) is 11.4. The topological polar surface area (TPSA) is 149 Å². The maximum Gasteiger partial charge on any atom is 0.490 e. The Morgan fingerprint density at radius 3 is 1.55 bits per heavy atom. The van der Waals surface area contributed by atoms with Gasteiger partial charge in [0, 0.05) is 0 Å². The predicted molar refractivity (Wildman–Crippen MR) is 74.1 cm³/mol. The highest BCUT2D eigenvalue weighted by Gasteiger charge is 2.42. The Bertz CT molecular complexity index is 396. The lowest BCUT2D eigenvalue weighted by Crippen LogP contribution is -2.02. The van der Waals surface area contributed by atoms with Gasteiger partial charge in [0.1, 0.15) is 0 Å². The second-order valence-corrected chi connectivity index (χ2v) is 7.87. The fourth-order valence-corrected chi connectivity index (χ4v) is 4.50. The van der Waals surface area contributed by atoms with E-state index in [1.54, 1.807) is 13.8 Å². The van der Waals surface area contributed by atoms with Gasteiger partial charge in [-0.2, -0.15) is 8.62 Å². The van der Waals surface area contributed by atoms with Gasteiger partial charge in [0.2, 0.25) is 0 Å². The summed E-state index contributed by atoms with van der Waals surface area (Å²) in [6, 6.07) is 0. The van der Waals surface area contributed by atoms with Crippen molar-refractivity contribution in [3.8, 4) is 0 Å². The molecule has 0 aromatic heterocycles. The molecule has 3 N–H and O–H groups in total. The summed E-state index contributed by atoms with van der Waals surface area (Å²) in [4.78, 5) is 25.9. The lowest BCUT2D eigenvalue weighted by Gasteiger charge is -2.19. The highest BCUT2D eigenvalue weighted by Crippen LogP contribution is 2.68. The molecule has 122 valence electrons. The number of hydrogen-bond acceptors (Lipinski definition) is 7. The van der Waals surface area contributed by atoms with E-state index in [0.29, 0.717) is 12.8 Å². The second kappa shape index (κ2) is 9.86. The van der Waals surface area contributed by atoms with Crippen LogP contribution in [0.5, 0.6) is 0 Å². The summed E-state index contributed by atoms with van der Waals surface area (Å²) in [6.07, 6.45) is 0.829. The highest BCUT2D eigenvalue weighted by molar-refractivity contribution is 7.66. The predicted octanol–water partition coefficient (Wildman–Crippen LogP) is 0.990. The minimum Gasteiger partial charge on any atom is -0.302 e. The molecule has 10 nitrogen and oxygen atoms in total. The molecule has 1 atom stereocenters. The van der Waals surface area contributed by atoms with Gasteiger partial charge in [-0.25, -0.2) is 13.7 Å². The van der Waals surface area contributed by atoms with Crippen LogP contribution in [0, 0.1) is 0 Å². The number of rotatable bonds is 10. The Morgan fingerprint density at radius 1 is 0.850 bits per heavy atom. The quantitative estimate of drug-likeness (QED) is 0.374. The number of hydrogen-bond donors (Lipinski definition) is 3. The van der Waals surface area contributed by atoms with E-state index < -0.39 is 23.5 Å². The third-order valence-electron chi connectivity index (χ3n) is 1.32. The van der Waals surface area contributed by atoms with Gasteiger partial charge in [0.05, 0.1) is 13.2 Å². The van der Waals surface area contributed by atoms with Crippen LogP contribution in [0.25, 0.3) is 0 Å². The van der Waals surface area contributed by atoms with E-state index in [1.165, 1.54) is 0 Å². The maximum atomic E-state index is 11.9. The van der Waals surface area contributed by atoms with Crippen LogP contribution < -0.4 is 0 Å². The van der Waals surface area contributed by atoms with Gasteiger partial charge < -0.3 is 14.7 Å². The Balaban J connectivity index is 0. The smallest absolute Gasteiger partial charge is 0.302 e. The van der Waals surface area contributed by atoms with Crippen LogP contribution in [0.4, 0.5) is 0 Å². The summed E-state index contributed by atoms with van der Waals surface area (Å²) in [5.74, 6) is 0. The van der Waals surface area contributed by atoms with Gasteiger partial charge in [0.15, 0.2) is 17.4 Å². The highest BCUT2D eigenvalue weighted by atomic mass is 31.3. The van der Waals surface area contributed by atoms with Crippen LogP contribution in [0.3, 0.4) is 0 Å². The standard InChI is InChI=1S/C6H17O10P3.Al.3H/c1-3-5-13-19(12,14-6-4-2)16-18(10,11)15-17(7,8)9;;;;/h3-6H2,1-2H3,(H,10,11)(H2,7,8,9);;;;. The molecule has 0 spiro atoms. The van der Waals surface area contributed by atoms with Crippen molar-refractivity contribution in [1.82, 2.24) is 0 Å². The zero-order valence-corrected chi connectivity index (χ0v) is 13.1. The number of phosphoric acid groups is 3. The van der Waals surface area contributed by atoms with Crippen LogP contribution >= 0.6 is 23.5 Å². The fraction of sp³-hybridized carbons (Fsp3) is 1.00.